The molecule has 0 aliphatic heterocycles. The minimum absolute atomic E-state index is 0. The Kier molecular flexibility index (Phi) is 86.2. The molecule has 0 fully saturated rings. The smallest absolute Gasteiger partial charge is 2.00 e. The molecule has 60 valence electrons. The molecule has 9 heteroatoms. The second-order valence-electron chi connectivity index (χ2n) is 0.521. The van der Waals surface area contributed by atoms with E-state index >= 15 is 0 Å². The molecule has 0 atom stereocenters. The van der Waals surface area contributed by atoms with Crippen LogP contribution in [0.25, 0.3) is 0 Å². The molecule has 0 saturated heterocycles. The van der Waals surface area contributed by atoms with Crippen LogP contribution in [0.2, 0.25) is 0 Å². The molecule has 0 saturated carbocycles. The Morgan fingerprint density at radius 3 is 0.636 bits per heavy atom. The van der Waals surface area contributed by atoms with Crippen LogP contribution in [-0.4, -0.2) is 34.7 Å². The Bertz CT molecular complexity index is 71.4. The molecule has 0 aromatic carbocycles. The molecule has 0 aromatic rings. The first kappa shape index (κ1) is 42.3. The zero-order valence-electron chi connectivity index (χ0n) is 4.89. The minimum atomic E-state index is -2.91. The maximum atomic E-state index is 10.3. The molecule has 0 aliphatic carbocycles. The molecular weight excluding hydrogens is 202 g/mol. The second-order valence-corrected chi connectivity index (χ2v) is 0.521. The Labute approximate surface area is 81.3 Å². The molecule has 0 aromatic heterocycles. The molecule has 0 amide bonds. The quantitative estimate of drug-likeness (QED) is 0.412. The van der Waals surface area contributed by atoms with Gasteiger partial charge in [-0.15, -0.1) is 0 Å². The maximum Gasteiger partial charge on any atom is 3.00 e. The van der Waals surface area contributed by atoms with Crippen molar-refractivity contribution in [2.75, 3.05) is 0 Å². The van der Waals surface area contributed by atoms with E-state index in [-0.39, 0.29) is 51.2 Å². The van der Waals surface area contributed by atoms with Gasteiger partial charge in [-0.1, -0.05) is 0 Å². The molecule has 0 N–H and O–H groups in total. The molecule has 0 radical (unpaired) electrons. The molecular formula is C2Al2F4O3. The molecule has 3 nitrogen and oxygen atoms in total. The largest absolute Gasteiger partial charge is 3.00 e. The maximum absolute atomic E-state index is 10.3. The molecule has 0 heterocycles. The normalized spacial score (nSPS) is 4.36. The van der Waals surface area contributed by atoms with Crippen molar-refractivity contribution >= 4 is 34.7 Å². The predicted octanol–water partition coefficient (Wildman–Crippen LogP) is 0.873. The minimum Gasteiger partial charge on any atom is -2.00 e. The average molecular weight is 202 g/mol. The Morgan fingerprint density at radius 1 is 0.545 bits per heavy atom. The van der Waals surface area contributed by atoms with Gasteiger partial charge in [0.2, 0.25) is 0 Å². The summed E-state index contributed by atoms with van der Waals surface area (Å²) in [5.74, 6) is 0. The summed E-state index contributed by atoms with van der Waals surface area (Å²) < 4.78 is 41.1. The van der Waals surface area contributed by atoms with Crippen molar-refractivity contribution in [3.05, 3.63) is 12.2 Å². The Balaban J connectivity index is -0.0000000125. The van der Waals surface area contributed by atoms with E-state index in [0.717, 1.165) is 0 Å². The van der Waals surface area contributed by atoms with Crippen molar-refractivity contribution in [3.63, 3.8) is 0 Å². The van der Waals surface area contributed by atoms with Gasteiger partial charge in [0.25, 0.3) is 0 Å². The summed E-state index contributed by atoms with van der Waals surface area (Å²) in [6.07, 6.45) is -5.81. The van der Waals surface area contributed by atoms with E-state index < -0.39 is 12.2 Å². The fourth-order valence-corrected chi connectivity index (χ4v) is 0. The average Bonchev–Trinajstić information content (AvgIpc) is 1.36. The van der Waals surface area contributed by atoms with E-state index in [4.69, 9.17) is 0 Å². The van der Waals surface area contributed by atoms with Gasteiger partial charge in [0.1, 0.15) is 0 Å². The fourth-order valence-electron chi connectivity index (χ4n) is 0. The third-order valence-corrected chi connectivity index (χ3v) is 0.143. The predicted molar refractivity (Wildman–Crippen MR) is 25.0 cm³/mol. The molecule has 0 bridgehead atoms. The van der Waals surface area contributed by atoms with Gasteiger partial charge in [0.05, 0.1) is 0 Å². The van der Waals surface area contributed by atoms with Crippen LogP contribution in [0, 0.1) is 0 Å². The molecule has 11 heavy (non-hydrogen) atoms. The topological polar surface area (TPSA) is 85.5 Å². The van der Waals surface area contributed by atoms with Crippen LogP contribution < -0.4 is 0 Å². The first-order valence-electron chi connectivity index (χ1n) is 1.01. The van der Waals surface area contributed by atoms with Gasteiger partial charge >= 0.3 is 46.9 Å². The first-order valence-corrected chi connectivity index (χ1v) is 1.01. The first-order chi connectivity index (χ1) is 2.64. The second kappa shape index (κ2) is 22.4. The van der Waals surface area contributed by atoms with E-state index in [0.29, 0.717) is 0 Å². The van der Waals surface area contributed by atoms with Crippen molar-refractivity contribution in [2.24, 2.45) is 0 Å². The zero-order valence-corrected chi connectivity index (χ0v) is 7.20. The summed E-state index contributed by atoms with van der Waals surface area (Å²) in [6, 6.07) is 0. The SMILES string of the molecule is FC(F)=C(F)F.[Al+3].[Al+3].[O-2].[O-2].[O-2]. The van der Waals surface area contributed by atoms with Crippen molar-refractivity contribution in [1.29, 1.82) is 0 Å². The van der Waals surface area contributed by atoms with Crippen LogP contribution >= 0.6 is 0 Å². The van der Waals surface area contributed by atoms with Crippen molar-refractivity contribution in [2.45, 2.75) is 0 Å². The number of hydrogen-bond acceptors (Lipinski definition) is 0. The monoisotopic (exact) mass is 202 g/mol. The summed E-state index contributed by atoms with van der Waals surface area (Å²) in [5, 5.41) is 0. The van der Waals surface area contributed by atoms with Gasteiger partial charge in [-0.25, -0.2) is 0 Å². The van der Waals surface area contributed by atoms with Gasteiger partial charge in [-0.05, 0) is 0 Å². The van der Waals surface area contributed by atoms with E-state index in [2.05, 4.69) is 0 Å². The summed E-state index contributed by atoms with van der Waals surface area (Å²) in [7, 11) is 0. The van der Waals surface area contributed by atoms with Gasteiger partial charge in [-0.3, -0.25) is 0 Å². The van der Waals surface area contributed by atoms with Gasteiger partial charge < -0.3 is 16.4 Å². The number of hydrogen-bond donors (Lipinski definition) is 0. The number of halogens is 4. The molecule has 0 aliphatic rings. The van der Waals surface area contributed by atoms with Crippen LogP contribution in [-0.2, 0) is 16.4 Å². The van der Waals surface area contributed by atoms with E-state index in [9.17, 15) is 17.6 Å². The van der Waals surface area contributed by atoms with E-state index in [1.165, 1.54) is 0 Å². The Morgan fingerprint density at radius 2 is 0.636 bits per heavy atom. The Hall–Kier alpha value is 0.405. The van der Waals surface area contributed by atoms with Crippen molar-refractivity contribution < 1.29 is 34.0 Å². The number of rotatable bonds is 0. The van der Waals surface area contributed by atoms with Crippen LogP contribution in [0.5, 0.6) is 0 Å². The fraction of sp³-hybridized carbons (Fsp3) is 0. The molecule has 0 rings (SSSR count). The zero-order chi connectivity index (χ0) is 5.15. The van der Waals surface area contributed by atoms with Crippen LogP contribution in [0.15, 0.2) is 12.2 Å². The van der Waals surface area contributed by atoms with E-state index in [1.54, 1.807) is 0 Å². The van der Waals surface area contributed by atoms with E-state index in [1.807, 2.05) is 0 Å². The van der Waals surface area contributed by atoms with Crippen LogP contribution in [0.3, 0.4) is 0 Å². The molecule has 0 spiro atoms. The molecule has 0 unspecified atom stereocenters. The van der Waals surface area contributed by atoms with Gasteiger partial charge in [-0.2, -0.15) is 17.6 Å². The van der Waals surface area contributed by atoms with Gasteiger partial charge in [0.15, 0.2) is 0 Å². The summed E-state index contributed by atoms with van der Waals surface area (Å²) in [4.78, 5) is 0. The summed E-state index contributed by atoms with van der Waals surface area (Å²) in [5.41, 5.74) is 0. The standard InChI is InChI=1S/C2F4.2Al.3O/c3-1(4)2(5)6;;;;;/q;2*+3;3*-2. The van der Waals surface area contributed by atoms with Crippen molar-refractivity contribution in [3.8, 4) is 0 Å². The van der Waals surface area contributed by atoms with Crippen LogP contribution in [0.1, 0.15) is 0 Å². The van der Waals surface area contributed by atoms with Crippen molar-refractivity contribution in [1.82, 2.24) is 0 Å². The third kappa shape index (κ3) is 37.9. The summed E-state index contributed by atoms with van der Waals surface area (Å²) in [6.45, 7) is 0. The van der Waals surface area contributed by atoms with Crippen LogP contribution in [0.4, 0.5) is 17.6 Å². The third-order valence-electron chi connectivity index (χ3n) is 0.143. The summed E-state index contributed by atoms with van der Waals surface area (Å²) >= 11 is 0. The van der Waals surface area contributed by atoms with Gasteiger partial charge in [0, 0.05) is 0 Å².